The van der Waals surface area contributed by atoms with Crippen LogP contribution in [0.15, 0.2) is 0 Å². The maximum atomic E-state index is 11.4. The van der Waals surface area contributed by atoms with Crippen molar-refractivity contribution in [2.24, 2.45) is 0 Å². The zero-order valence-corrected chi connectivity index (χ0v) is 24.6. The van der Waals surface area contributed by atoms with Crippen molar-refractivity contribution < 1.29 is 48.1 Å². The zero-order chi connectivity index (χ0) is 28.0. The van der Waals surface area contributed by atoms with Gasteiger partial charge in [0.15, 0.2) is 6.29 Å². The van der Waals surface area contributed by atoms with E-state index in [1.54, 1.807) is 0 Å². The fourth-order valence-electron chi connectivity index (χ4n) is 2.95. The fourth-order valence-corrected chi connectivity index (χ4v) is 5.84. The predicted molar refractivity (Wildman–Crippen MR) is 140 cm³/mol. The summed E-state index contributed by atoms with van der Waals surface area (Å²) in [6.45, 7) is 15.2. The summed E-state index contributed by atoms with van der Waals surface area (Å²) in [5.74, 6) is -1.88. The molecule has 36 heavy (non-hydrogen) atoms. The van der Waals surface area contributed by atoms with Crippen molar-refractivity contribution in [3.05, 3.63) is 0 Å². The first-order valence-electron chi connectivity index (χ1n) is 12.4. The second-order valence-corrected chi connectivity index (χ2v) is 16.8. The lowest BCUT2D eigenvalue weighted by molar-refractivity contribution is -0.147. The average molecular weight is 555 g/mol. The van der Waals surface area contributed by atoms with Crippen molar-refractivity contribution >= 4 is 38.0 Å². The molecule has 0 heterocycles. The SMILES string of the molecule is CC(OC(C)(C)[Si](C)(C)CCCOC(O)CCC(=O)O)C(C)(C)OSCCCOC(=O)CCC(=O)O. The molecule has 3 N–H and O–H groups in total. The first-order valence-corrected chi connectivity index (χ1v) is 16.5. The van der Waals surface area contributed by atoms with Crippen LogP contribution >= 0.6 is 12.0 Å². The molecule has 0 fully saturated rings. The molecule has 0 aromatic heterocycles. The van der Waals surface area contributed by atoms with Crippen molar-refractivity contribution in [1.29, 1.82) is 0 Å². The van der Waals surface area contributed by atoms with Crippen molar-refractivity contribution in [2.75, 3.05) is 19.0 Å². The molecule has 10 nitrogen and oxygen atoms in total. The smallest absolute Gasteiger partial charge is 0.306 e. The third-order valence-corrected chi connectivity index (χ3v) is 12.4. The van der Waals surface area contributed by atoms with Crippen LogP contribution in [0.25, 0.3) is 0 Å². The number of carbonyl (C=O) groups excluding carboxylic acids is 1. The van der Waals surface area contributed by atoms with E-state index in [1.165, 1.54) is 12.0 Å². The average Bonchev–Trinajstić information content (AvgIpc) is 2.75. The van der Waals surface area contributed by atoms with Gasteiger partial charge in [0, 0.05) is 18.8 Å². The molecule has 0 saturated heterocycles. The van der Waals surface area contributed by atoms with E-state index in [9.17, 15) is 19.5 Å². The number of hydrogen-bond donors (Lipinski definition) is 3. The Kier molecular flexibility index (Phi) is 16.1. The number of aliphatic hydroxyl groups is 1. The maximum absolute atomic E-state index is 11.4. The number of ether oxygens (including phenoxy) is 3. The molecule has 2 atom stereocenters. The minimum absolute atomic E-state index is 0.0767. The number of rotatable bonds is 21. The topological polar surface area (TPSA) is 149 Å². The molecule has 0 aromatic carbocycles. The lowest BCUT2D eigenvalue weighted by atomic mass is 10.0. The van der Waals surface area contributed by atoms with E-state index < -0.39 is 37.9 Å². The Morgan fingerprint density at radius 1 is 0.944 bits per heavy atom. The Morgan fingerprint density at radius 3 is 2.14 bits per heavy atom. The Bertz CT molecular complexity index is 684. The van der Waals surface area contributed by atoms with Gasteiger partial charge in [-0.2, -0.15) is 0 Å². The predicted octanol–water partition coefficient (Wildman–Crippen LogP) is 4.25. The number of esters is 1. The van der Waals surface area contributed by atoms with E-state index in [-0.39, 0.29) is 43.6 Å². The first kappa shape index (κ1) is 34.8. The van der Waals surface area contributed by atoms with Crippen LogP contribution in [0.1, 0.15) is 73.1 Å². The molecule has 0 radical (unpaired) electrons. The number of aliphatic hydroxyl groups excluding tert-OH is 1. The van der Waals surface area contributed by atoms with E-state index in [4.69, 9.17) is 28.6 Å². The van der Waals surface area contributed by atoms with Crippen LogP contribution in [0, 0.1) is 0 Å². The molecule has 2 unspecified atom stereocenters. The lowest BCUT2D eigenvalue weighted by Gasteiger charge is -2.45. The Labute approximate surface area is 220 Å². The van der Waals surface area contributed by atoms with Gasteiger partial charge in [-0.15, -0.1) is 0 Å². The summed E-state index contributed by atoms with van der Waals surface area (Å²) in [7, 11) is -1.88. The van der Waals surface area contributed by atoms with E-state index in [0.29, 0.717) is 18.8 Å². The van der Waals surface area contributed by atoms with Crippen LogP contribution in [0.3, 0.4) is 0 Å². The summed E-state index contributed by atoms with van der Waals surface area (Å²) in [4.78, 5) is 32.5. The first-order chi connectivity index (χ1) is 16.5. The van der Waals surface area contributed by atoms with Crippen molar-refractivity contribution in [3.63, 3.8) is 0 Å². The number of carbonyl (C=O) groups is 3. The van der Waals surface area contributed by atoms with Crippen LogP contribution in [0.2, 0.25) is 19.1 Å². The molecule has 0 aliphatic heterocycles. The second-order valence-electron chi connectivity index (χ2n) is 10.5. The molecular formula is C24H46O10SSi. The van der Waals surface area contributed by atoms with Gasteiger partial charge in [0.1, 0.15) is 5.60 Å². The minimum Gasteiger partial charge on any atom is -0.481 e. The standard InChI is InChI=1S/C24H46O10SSi/c1-18(23(2,3)34-35-16-8-14-31-21(29)12-10-19(25)26)33-24(4,5)36(6,7)17-9-15-32-22(30)13-11-20(27)28/h18,22,30H,8-17H2,1-7H3,(H,25,26)(H,27,28). The van der Waals surface area contributed by atoms with Gasteiger partial charge in [-0.25, -0.2) is 0 Å². The van der Waals surface area contributed by atoms with Crippen molar-refractivity contribution in [3.8, 4) is 0 Å². The van der Waals surface area contributed by atoms with E-state index in [0.717, 1.165) is 12.5 Å². The Hall–Kier alpha value is -1.18. The molecule has 0 aliphatic rings. The zero-order valence-electron chi connectivity index (χ0n) is 22.8. The maximum Gasteiger partial charge on any atom is 0.306 e. The Balaban J connectivity index is 4.39. The molecule has 0 aromatic rings. The molecule has 0 amide bonds. The molecule has 212 valence electrons. The van der Waals surface area contributed by atoms with E-state index in [1.807, 2.05) is 20.8 Å². The highest BCUT2D eigenvalue weighted by Gasteiger charge is 2.43. The van der Waals surface area contributed by atoms with Crippen molar-refractivity contribution in [2.45, 2.75) is 116 Å². The quantitative estimate of drug-likeness (QED) is 0.0614. The number of hydrogen-bond acceptors (Lipinski definition) is 9. The third kappa shape index (κ3) is 15.2. The van der Waals surface area contributed by atoms with Crippen LogP contribution in [0.5, 0.6) is 0 Å². The Morgan fingerprint density at radius 2 is 1.56 bits per heavy atom. The van der Waals surface area contributed by atoms with Gasteiger partial charge in [-0.3, -0.25) is 14.4 Å². The van der Waals surface area contributed by atoms with Gasteiger partial charge in [0.25, 0.3) is 0 Å². The highest BCUT2D eigenvalue weighted by atomic mass is 32.2. The van der Waals surface area contributed by atoms with Gasteiger partial charge in [-0.05, 0) is 59.5 Å². The summed E-state index contributed by atoms with van der Waals surface area (Å²) in [6.07, 6.45) is -0.327. The molecule has 0 saturated carbocycles. The summed E-state index contributed by atoms with van der Waals surface area (Å²) < 4.78 is 22.9. The van der Waals surface area contributed by atoms with E-state index >= 15 is 0 Å². The second kappa shape index (κ2) is 16.6. The highest BCUT2D eigenvalue weighted by molar-refractivity contribution is 7.94. The van der Waals surface area contributed by atoms with Gasteiger partial charge in [0.05, 0.1) is 45.3 Å². The summed E-state index contributed by atoms with van der Waals surface area (Å²) in [5.41, 5.74) is -0.568. The molecule has 0 rings (SSSR count). The van der Waals surface area contributed by atoms with Gasteiger partial charge in [0.2, 0.25) is 0 Å². The normalized spacial score (nSPS) is 14.3. The molecule has 12 heteroatoms. The van der Waals surface area contributed by atoms with Crippen LogP contribution in [0.4, 0.5) is 0 Å². The van der Waals surface area contributed by atoms with Gasteiger partial charge in [-0.1, -0.05) is 19.1 Å². The molecule has 0 bridgehead atoms. The van der Waals surface area contributed by atoms with Crippen LogP contribution in [-0.2, 0) is 32.8 Å². The van der Waals surface area contributed by atoms with E-state index in [2.05, 4.69) is 26.9 Å². The largest absolute Gasteiger partial charge is 0.481 e. The third-order valence-electron chi connectivity index (χ3n) is 6.39. The van der Waals surface area contributed by atoms with Gasteiger partial charge >= 0.3 is 17.9 Å². The molecule has 0 aliphatic carbocycles. The summed E-state index contributed by atoms with van der Waals surface area (Å²) >= 11 is 1.29. The number of carboxylic acids is 2. The summed E-state index contributed by atoms with van der Waals surface area (Å²) in [5, 5.41) is 26.6. The molecule has 0 spiro atoms. The summed E-state index contributed by atoms with van der Waals surface area (Å²) in [6, 6.07) is 0.916. The monoisotopic (exact) mass is 554 g/mol. The number of aliphatic carboxylic acids is 2. The lowest BCUT2D eigenvalue weighted by Crippen LogP contribution is -2.56. The van der Waals surface area contributed by atoms with Crippen LogP contribution < -0.4 is 0 Å². The minimum atomic E-state index is -1.88. The molecular weight excluding hydrogens is 508 g/mol. The van der Waals surface area contributed by atoms with Crippen molar-refractivity contribution in [1.82, 2.24) is 0 Å². The highest BCUT2D eigenvalue weighted by Crippen LogP contribution is 2.34. The number of carboxylic acid groups (broad SMARTS) is 2. The van der Waals surface area contributed by atoms with Gasteiger partial charge < -0.3 is 33.7 Å². The van der Waals surface area contributed by atoms with Crippen LogP contribution in [-0.4, -0.2) is 83.5 Å². The fraction of sp³-hybridized carbons (Fsp3) is 0.875.